The van der Waals surface area contributed by atoms with E-state index in [1.807, 2.05) is 29.9 Å². The Labute approximate surface area is 172 Å². The highest BCUT2D eigenvalue weighted by molar-refractivity contribution is 5.80. The van der Waals surface area contributed by atoms with E-state index in [-0.39, 0.29) is 12.2 Å². The zero-order valence-corrected chi connectivity index (χ0v) is 17.4. The van der Waals surface area contributed by atoms with Crippen LogP contribution in [0.5, 0.6) is 0 Å². The molecule has 2 unspecified atom stereocenters. The Kier molecular flexibility index (Phi) is 6.46. The lowest BCUT2D eigenvalue weighted by Gasteiger charge is -2.37. The van der Waals surface area contributed by atoms with Crippen molar-refractivity contribution in [2.45, 2.75) is 45.4 Å². The van der Waals surface area contributed by atoms with E-state index in [2.05, 4.69) is 40.4 Å². The van der Waals surface area contributed by atoms with Gasteiger partial charge in [-0.2, -0.15) is 5.10 Å². The van der Waals surface area contributed by atoms with Crippen LogP contribution in [-0.2, 0) is 16.0 Å². The molecule has 7 heteroatoms. The molecule has 1 aromatic carbocycles. The van der Waals surface area contributed by atoms with Crippen LogP contribution in [0.25, 0.3) is 5.69 Å². The van der Waals surface area contributed by atoms with E-state index >= 15 is 0 Å². The third kappa shape index (κ3) is 4.79. The zero-order valence-electron chi connectivity index (χ0n) is 17.4. The van der Waals surface area contributed by atoms with Crippen LogP contribution in [0, 0.1) is 6.92 Å². The number of ether oxygens (including phenoxy) is 2. The Morgan fingerprint density at radius 3 is 2.83 bits per heavy atom. The van der Waals surface area contributed by atoms with Gasteiger partial charge in [0.15, 0.2) is 5.96 Å². The van der Waals surface area contributed by atoms with Gasteiger partial charge in [0.2, 0.25) is 0 Å². The summed E-state index contributed by atoms with van der Waals surface area (Å²) in [4.78, 5) is 7.26. The Bertz CT molecular complexity index is 828. The minimum atomic E-state index is 0.120. The number of morpholine rings is 1. The van der Waals surface area contributed by atoms with Crippen LogP contribution in [0.1, 0.15) is 31.0 Å². The van der Waals surface area contributed by atoms with Gasteiger partial charge in [0, 0.05) is 32.4 Å². The van der Waals surface area contributed by atoms with Gasteiger partial charge >= 0.3 is 0 Å². The van der Waals surface area contributed by atoms with Crippen molar-refractivity contribution in [1.29, 1.82) is 0 Å². The largest absolute Gasteiger partial charge is 0.375 e. The molecular formula is C22H31N5O2. The fourth-order valence-electron chi connectivity index (χ4n) is 3.99. The number of guanidine groups is 1. The van der Waals surface area contributed by atoms with E-state index < -0.39 is 0 Å². The fraction of sp³-hybridized carbons (Fsp3) is 0.545. The first kappa shape index (κ1) is 19.9. The SMILES string of the molecule is CCNC(=NCc1ccccc1-n1ccc(C)n1)N1CCOC(C2CCCO2)C1. The molecule has 0 amide bonds. The Balaban J connectivity index is 1.50. The maximum absolute atomic E-state index is 6.00. The summed E-state index contributed by atoms with van der Waals surface area (Å²) < 4.78 is 13.8. The van der Waals surface area contributed by atoms with Crippen molar-refractivity contribution in [3.8, 4) is 5.69 Å². The molecule has 1 N–H and O–H groups in total. The molecule has 2 aliphatic rings. The van der Waals surface area contributed by atoms with E-state index in [0.717, 1.165) is 62.0 Å². The zero-order chi connectivity index (χ0) is 20.1. The summed E-state index contributed by atoms with van der Waals surface area (Å²) in [7, 11) is 0. The number of aliphatic imine (C=N–C) groups is 1. The van der Waals surface area contributed by atoms with Gasteiger partial charge < -0.3 is 19.7 Å². The standard InChI is InChI=1S/C22H31N5O2/c1-3-23-22(26-12-14-29-21(16-26)20-9-6-13-28-20)24-15-18-7-4-5-8-19(18)27-11-10-17(2)25-27/h4-5,7-8,10-11,20-21H,3,6,9,12-16H2,1-2H3,(H,23,24). The average Bonchev–Trinajstić information content (AvgIpc) is 3.43. The molecule has 2 fully saturated rings. The predicted octanol–water partition coefficient (Wildman–Crippen LogP) is 2.53. The molecule has 2 aliphatic heterocycles. The second-order valence-electron chi connectivity index (χ2n) is 7.61. The number of nitrogens with one attached hydrogen (secondary N) is 1. The number of rotatable bonds is 5. The normalized spacial score (nSPS) is 22.8. The summed E-state index contributed by atoms with van der Waals surface area (Å²) >= 11 is 0. The van der Waals surface area contributed by atoms with E-state index in [1.54, 1.807) is 0 Å². The summed E-state index contributed by atoms with van der Waals surface area (Å²) in [5.74, 6) is 0.935. The van der Waals surface area contributed by atoms with Crippen LogP contribution in [0.2, 0.25) is 0 Å². The summed E-state index contributed by atoms with van der Waals surface area (Å²) in [5.41, 5.74) is 3.22. The van der Waals surface area contributed by atoms with Crippen LogP contribution in [0.4, 0.5) is 0 Å². The van der Waals surface area contributed by atoms with Crippen molar-refractivity contribution in [3.63, 3.8) is 0 Å². The van der Waals surface area contributed by atoms with Crippen molar-refractivity contribution in [3.05, 3.63) is 47.8 Å². The molecule has 1 aromatic heterocycles. The minimum absolute atomic E-state index is 0.120. The highest BCUT2D eigenvalue weighted by Crippen LogP contribution is 2.21. The van der Waals surface area contributed by atoms with Crippen LogP contribution in [0.3, 0.4) is 0 Å². The Hall–Kier alpha value is -2.38. The number of hydrogen-bond donors (Lipinski definition) is 1. The molecule has 7 nitrogen and oxygen atoms in total. The highest BCUT2D eigenvalue weighted by atomic mass is 16.5. The Morgan fingerprint density at radius 1 is 1.21 bits per heavy atom. The van der Waals surface area contributed by atoms with Gasteiger partial charge in [-0.05, 0) is 44.4 Å². The van der Waals surface area contributed by atoms with Crippen molar-refractivity contribution < 1.29 is 9.47 Å². The quantitative estimate of drug-likeness (QED) is 0.620. The lowest BCUT2D eigenvalue weighted by atomic mass is 10.1. The molecule has 4 rings (SSSR count). The van der Waals surface area contributed by atoms with Gasteiger partial charge in [-0.15, -0.1) is 0 Å². The molecule has 0 saturated carbocycles. The molecular weight excluding hydrogens is 366 g/mol. The second kappa shape index (κ2) is 9.41. The van der Waals surface area contributed by atoms with Crippen molar-refractivity contribution in [2.75, 3.05) is 32.8 Å². The molecule has 156 valence electrons. The number of benzene rings is 1. The smallest absolute Gasteiger partial charge is 0.194 e. The lowest BCUT2D eigenvalue weighted by Crippen LogP contribution is -2.53. The lowest BCUT2D eigenvalue weighted by molar-refractivity contribution is -0.0817. The first-order chi connectivity index (χ1) is 14.2. The van der Waals surface area contributed by atoms with E-state index in [1.165, 1.54) is 0 Å². The van der Waals surface area contributed by atoms with Gasteiger partial charge in [-0.25, -0.2) is 9.67 Å². The average molecular weight is 398 g/mol. The molecule has 0 bridgehead atoms. The van der Waals surface area contributed by atoms with Crippen LogP contribution in [-0.4, -0.2) is 65.7 Å². The number of aromatic nitrogens is 2. The molecule has 0 spiro atoms. The molecule has 2 aromatic rings. The van der Waals surface area contributed by atoms with Gasteiger partial charge in [0.25, 0.3) is 0 Å². The van der Waals surface area contributed by atoms with Crippen molar-refractivity contribution in [1.82, 2.24) is 20.0 Å². The first-order valence-electron chi connectivity index (χ1n) is 10.6. The highest BCUT2D eigenvalue weighted by Gasteiger charge is 2.32. The van der Waals surface area contributed by atoms with Crippen molar-refractivity contribution in [2.24, 2.45) is 4.99 Å². The maximum Gasteiger partial charge on any atom is 0.194 e. The van der Waals surface area contributed by atoms with Crippen LogP contribution < -0.4 is 5.32 Å². The number of aryl methyl sites for hydroxylation is 1. The molecule has 2 saturated heterocycles. The van der Waals surface area contributed by atoms with Gasteiger partial charge in [0.05, 0.1) is 30.6 Å². The third-order valence-corrected chi connectivity index (χ3v) is 5.47. The maximum atomic E-state index is 6.00. The van der Waals surface area contributed by atoms with Gasteiger partial charge in [0.1, 0.15) is 6.10 Å². The molecule has 29 heavy (non-hydrogen) atoms. The topological polar surface area (TPSA) is 63.9 Å². The van der Waals surface area contributed by atoms with Crippen LogP contribution >= 0.6 is 0 Å². The first-order valence-corrected chi connectivity index (χ1v) is 10.6. The van der Waals surface area contributed by atoms with E-state index in [9.17, 15) is 0 Å². The second-order valence-corrected chi connectivity index (χ2v) is 7.61. The van der Waals surface area contributed by atoms with Crippen LogP contribution in [0.15, 0.2) is 41.5 Å². The van der Waals surface area contributed by atoms with E-state index in [4.69, 9.17) is 14.5 Å². The van der Waals surface area contributed by atoms with Gasteiger partial charge in [-0.3, -0.25) is 0 Å². The molecule has 0 aliphatic carbocycles. The fourth-order valence-corrected chi connectivity index (χ4v) is 3.99. The molecule has 3 heterocycles. The minimum Gasteiger partial charge on any atom is -0.375 e. The summed E-state index contributed by atoms with van der Waals surface area (Å²) in [6, 6.07) is 10.3. The van der Waals surface area contributed by atoms with Gasteiger partial charge in [-0.1, -0.05) is 18.2 Å². The summed E-state index contributed by atoms with van der Waals surface area (Å²) in [6.07, 6.45) is 4.54. The summed E-state index contributed by atoms with van der Waals surface area (Å²) in [6.45, 7) is 8.75. The Morgan fingerprint density at radius 2 is 2.07 bits per heavy atom. The molecule has 2 atom stereocenters. The number of nitrogens with zero attached hydrogens (tertiary/aromatic N) is 4. The predicted molar refractivity (Wildman–Crippen MR) is 113 cm³/mol. The third-order valence-electron chi connectivity index (χ3n) is 5.47. The molecule has 0 radical (unpaired) electrons. The van der Waals surface area contributed by atoms with E-state index in [0.29, 0.717) is 13.2 Å². The summed E-state index contributed by atoms with van der Waals surface area (Å²) in [5, 5.41) is 8.01. The monoisotopic (exact) mass is 397 g/mol. The van der Waals surface area contributed by atoms with Crippen molar-refractivity contribution >= 4 is 5.96 Å². The number of para-hydroxylation sites is 1. The number of hydrogen-bond acceptors (Lipinski definition) is 4.